The van der Waals surface area contributed by atoms with E-state index in [1.807, 2.05) is 0 Å². The van der Waals surface area contributed by atoms with Crippen molar-refractivity contribution in [2.45, 2.75) is 0 Å². The molecule has 0 fully saturated rings. The van der Waals surface area contributed by atoms with Gasteiger partial charge in [0.05, 0.1) is 19.7 Å². The minimum absolute atomic E-state index is 0.118. The molecule has 0 heterocycles. The topological polar surface area (TPSA) is 241 Å². The summed E-state index contributed by atoms with van der Waals surface area (Å²) in [5, 5.41) is 44.2. The summed E-state index contributed by atoms with van der Waals surface area (Å²) in [5.41, 5.74) is -4.16. The van der Waals surface area contributed by atoms with Crippen LogP contribution in [0.15, 0.2) is 72.8 Å². The molecule has 0 saturated carbocycles. The third-order valence-electron chi connectivity index (χ3n) is 6.84. The van der Waals surface area contributed by atoms with Gasteiger partial charge in [-0.25, -0.2) is 0 Å². The Hall–Kier alpha value is -6.84. The fourth-order valence-electron chi connectivity index (χ4n) is 5.02. The van der Waals surface area contributed by atoms with Gasteiger partial charge in [0.15, 0.2) is 5.78 Å². The highest BCUT2D eigenvalue weighted by molar-refractivity contribution is 6.32. The Bertz CT molecular complexity index is 1920. The highest BCUT2D eigenvalue weighted by Gasteiger charge is 2.40. The average Bonchev–Trinajstić information content (AvgIpc) is 3.01. The van der Waals surface area contributed by atoms with Gasteiger partial charge in [-0.05, 0) is 24.3 Å². The Labute approximate surface area is 242 Å². The van der Waals surface area contributed by atoms with Crippen LogP contribution in [0.4, 0.5) is 22.7 Å². The third-order valence-corrected chi connectivity index (χ3v) is 6.84. The van der Waals surface area contributed by atoms with Crippen LogP contribution < -0.4 is 0 Å². The van der Waals surface area contributed by atoms with Gasteiger partial charge in [-0.3, -0.25) is 59.6 Å². The van der Waals surface area contributed by atoms with Crippen LogP contribution in [0.3, 0.4) is 0 Å². The van der Waals surface area contributed by atoms with Crippen LogP contribution in [0.2, 0.25) is 0 Å². The zero-order valence-corrected chi connectivity index (χ0v) is 21.6. The molecule has 44 heavy (non-hydrogen) atoms. The SMILES string of the molecule is O=C1c2cccc([N+](=O)[O-])c2C(=O)c2c1cccc2[N+](=O)[O-].O=C1c2cccc([N+](=O)[O-])c2C(=O)c2cccc([N+](=O)[O-])c21. The first kappa shape index (κ1) is 28.7. The number of nitro benzene ring substituents is 4. The number of hydrogen-bond donors (Lipinski definition) is 0. The van der Waals surface area contributed by atoms with Crippen LogP contribution in [-0.4, -0.2) is 42.8 Å². The Morgan fingerprint density at radius 3 is 0.818 bits per heavy atom. The van der Waals surface area contributed by atoms with Gasteiger partial charge in [0.25, 0.3) is 22.7 Å². The first-order valence-electron chi connectivity index (χ1n) is 12.1. The van der Waals surface area contributed by atoms with E-state index in [1.54, 1.807) is 0 Å². The third kappa shape index (κ3) is 4.35. The molecule has 216 valence electrons. The molecular weight excluding hydrogens is 584 g/mol. The lowest BCUT2D eigenvalue weighted by Gasteiger charge is -2.16. The van der Waals surface area contributed by atoms with Crippen molar-refractivity contribution in [3.05, 3.63) is 158 Å². The predicted molar refractivity (Wildman–Crippen MR) is 146 cm³/mol. The molecule has 4 aromatic rings. The van der Waals surface area contributed by atoms with Gasteiger partial charge in [-0.1, -0.05) is 24.3 Å². The Morgan fingerprint density at radius 1 is 0.341 bits per heavy atom. The van der Waals surface area contributed by atoms with E-state index in [9.17, 15) is 59.6 Å². The maximum Gasteiger partial charge on any atom is 0.281 e. The monoisotopic (exact) mass is 596 g/mol. The number of ketones is 4. The quantitative estimate of drug-likeness (QED) is 0.201. The predicted octanol–water partition coefficient (Wildman–Crippen LogP) is 4.56. The maximum absolute atomic E-state index is 12.5. The van der Waals surface area contributed by atoms with Crippen LogP contribution in [0.1, 0.15) is 63.7 Å². The van der Waals surface area contributed by atoms with Gasteiger partial charge in [-0.2, -0.15) is 0 Å². The van der Waals surface area contributed by atoms with E-state index in [2.05, 4.69) is 0 Å². The summed E-state index contributed by atoms with van der Waals surface area (Å²) in [7, 11) is 0. The first-order chi connectivity index (χ1) is 20.9. The molecule has 0 aliphatic heterocycles. The fourth-order valence-corrected chi connectivity index (χ4v) is 5.02. The number of benzene rings is 4. The van der Waals surface area contributed by atoms with E-state index in [4.69, 9.17) is 0 Å². The van der Waals surface area contributed by atoms with Gasteiger partial charge < -0.3 is 0 Å². The number of nitro groups is 4. The molecule has 0 atom stereocenters. The largest absolute Gasteiger partial charge is 0.289 e. The van der Waals surface area contributed by atoms with E-state index in [1.165, 1.54) is 48.5 Å². The van der Waals surface area contributed by atoms with Crippen LogP contribution in [0, 0.1) is 40.5 Å². The lowest BCUT2D eigenvalue weighted by molar-refractivity contribution is -0.385. The molecule has 16 heteroatoms. The lowest BCUT2D eigenvalue weighted by Crippen LogP contribution is -2.23. The number of fused-ring (bicyclic) bond motifs is 4. The summed E-state index contributed by atoms with van der Waals surface area (Å²) in [6, 6.07) is 14.6. The van der Waals surface area contributed by atoms with Crippen molar-refractivity contribution in [2.24, 2.45) is 0 Å². The number of carbonyl (C=O) groups excluding carboxylic acids is 4. The molecule has 6 rings (SSSR count). The number of rotatable bonds is 4. The van der Waals surface area contributed by atoms with Crippen LogP contribution in [-0.2, 0) is 0 Å². The second-order valence-corrected chi connectivity index (χ2v) is 9.14. The Morgan fingerprint density at radius 2 is 0.568 bits per heavy atom. The van der Waals surface area contributed by atoms with Crippen LogP contribution in [0.25, 0.3) is 0 Å². The maximum atomic E-state index is 12.5. The zero-order chi connectivity index (χ0) is 32.0. The second kappa shape index (κ2) is 10.5. The summed E-state index contributed by atoms with van der Waals surface area (Å²) in [6.45, 7) is 0. The van der Waals surface area contributed by atoms with Crippen molar-refractivity contribution in [1.29, 1.82) is 0 Å². The molecule has 2 aliphatic rings. The van der Waals surface area contributed by atoms with E-state index in [0.29, 0.717) is 0 Å². The summed E-state index contributed by atoms with van der Waals surface area (Å²) >= 11 is 0. The van der Waals surface area contributed by atoms with Crippen molar-refractivity contribution in [3.63, 3.8) is 0 Å². The molecule has 0 amide bonds. The molecule has 0 saturated heterocycles. The van der Waals surface area contributed by atoms with E-state index in [-0.39, 0.29) is 33.4 Å². The van der Waals surface area contributed by atoms with E-state index >= 15 is 0 Å². The standard InChI is InChI=1S/2C14H6N2O6/c17-13-7-3-1-5-9(15(19)20)11(7)14(18)8-4-2-6-10(12(8)13)16(21)22;17-13-7-3-1-5-9(15(19)20)11(7)14(18)12-8(13)4-2-6-10(12)16(21)22/h2*1-6H. The highest BCUT2D eigenvalue weighted by Crippen LogP contribution is 2.38. The number of nitrogens with zero attached hydrogens (tertiary/aromatic N) is 4. The van der Waals surface area contributed by atoms with Crippen molar-refractivity contribution >= 4 is 45.9 Å². The van der Waals surface area contributed by atoms with E-state index < -0.39 is 76.7 Å². The van der Waals surface area contributed by atoms with Crippen molar-refractivity contribution in [3.8, 4) is 0 Å². The van der Waals surface area contributed by atoms with Gasteiger partial charge in [0.2, 0.25) is 17.3 Å². The molecule has 0 bridgehead atoms. The number of carbonyl (C=O) groups is 4. The molecule has 0 unspecified atom stereocenters. The molecule has 16 nitrogen and oxygen atoms in total. The lowest BCUT2D eigenvalue weighted by atomic mass is 9.82. The summed E-state index contributed by atoms with van der Waals surface area (Å²) in [5.74, 6) is -3.05. The highest BCUT2D eigenvalue weighted by atomic mass is 16.6. The zero-order valence-electron chi connectivity index (χ0n) is 21.6. The summed E-state index contributed by atoms with van der Waals surface area (Å²) in [4.78, 5) is 91.0. The normalized spacial score (nSPS) is 12.5. The average molecular weight is 596 g/mol. The minimum Gasteiger partial charge on any atom is -0.289 e. The van der Waals surface area contributed by atoms with Gasteiger partial charge >= 0.3 is 0 Å². The van der Waals surface area contributed by atoms with E-state index in [0.717, 1.165) is 24.3 Å². The summed E-state index contributed by atoms with van der Waals surface area (Å²) < 4.78 is 0. The Balaban J connectivity index is 0.000000175. The smallest absolute Gasteiger partial charge is 0.281 e. The molecule has 0 spiro atoms. The molecule has 2 aliphatic carbocycles. The molecule has 0 N–H and O–H groups in total. The minimum atomic E-state index is -0.885. The second-order valence-electron chi connectivity index (χ2n) is 9.14. The molecule has 0 aromatic heterocycles. The Kier molecular flexibility index (Phi) is 6.86. The van der Waals surface area contributed by atoms with Gasteiger partial charge in [-0.15, -0.1) is 0 Å². The van der Waals surface area contributed by atoms with Crippen molar-refractivity contribution < 1.29 is 38.9 Å². The fraction of sp³-hybridized carbons (Fsp3) is 0. The first-order valence-corrected chi connectivity index (χ1v) is 12.1. The number of hydrogen-bond acceptors (Lipinski definition) is 12. The van der Waals surface area contributed by atoms with Crippen molar-refractivity contribution in [1.82, 2.24) is 0 Å². The van der Waals surface area contributed by atoms with Crippen molar-refractivity contribution in [2.75, 3.05) is 0 Å². The van der Waals surface area contributed by atoms with Gasteiger partial charge in [0, 0.05) is 46.5 Å². The summed E-state index contributed by atoms with van der Waals surface area (Å²) in [6.07, 6.45) is 0. The molecular formula is C28H12N4O12. The molecule has 4 aromatic carbocycles. The van der Waals surface area contributed by atoms with Gasteiger partial charge in [0.1, 0.15) is 22.3 Å². The van der Waals surface area contributed by atoms with Crippen LogP contribution in [0.5, 0.6) is 0 Å². The van der Waals surface area contributed by atoms with Crippen LogP contribution >= 0.6 is 0 Å². The molecule has 0 radical (unpaired) electrons.